The molecule has 0 bridgehead atoms. The van der Waals surface area contributed by atoms with Crippen molar-refractivity contribution in [2.45, 2.75) is 224 Å². The maximum absolute atomic E-state index is 14.8. The van der Waals surface area contributed by atoms with Crippen LogP contribution in [0.3, 0.4) is 0 Å². The number of carboxylic acid groups (broad SMARTS) is 2. The second-order valence-electron chi connectivity index (χ2n) is 24.7. The third-order valence-electron chi connectivity index (χ3n) is 15.3. The Kier molecular flexibility index (Phi) is 41.0. The number of allylic oxidation sites excluding steroid dienone is 1. The summed E-state index contributed by atoms with van der Waals surface area (Å²) >= 11 is 0. The van der Waals surface area contributed by atoms with Crippen LogP contribution in [0.15, 0.2) is 17.1 Å². The first-order valence-corrected chi connectivity index (χ1v) is 32.7. The molecule has 0 aromatic rings. The van der Waals surface area contributed by atoms with Gasteiger partial charge in [0.05, 0.1) is 31.1 Å². The lowest BCUT2D eigenvalue weighted by Gasteiger charge is -2.36. The van der Waals surface area contributed by atoms with Crippen molar-refractivity contribution < 1.29 is 86.9 Å². The van der Waals surface area contributed by atoms with E-state index >= 15 is 0 Å². The van der Waals surface area contributed by atoms with E-state index in [0.29, 0.717) is 19.0 Å². The van der Waals surface area contributed by atoms with Crippen LogP contribution in [0.1, 0.15) is 152 Å². The molecule has 0 aromatic heterocycles. The van der Waals surface area contributed by atoms with Gasteiger partial charge >= 0.3 is 11.9 Å². The maximum atomic E-state index is 14.8. The molecule has 37 heteroatoms. The minimum Gasteiger partial charge on any atom is -0.481 e. The van der Waals surface area contributed by atoms with Crippen LogP contribution in [0.2, 0.25) is 0 Å². The number of primary amides is 1. The molecule has 552 valence electrons. The van der Waals surface area contributed by atoms with Crippen LogP contribution in [-0.2, 0) is 76.7 Å². The second kappa shape index (κ2) is 46.2. The number of rotatable bonds is 46. The summed E-state index contributed by atoms with van der Waals surface area (Å²) in [4.78, 5) is 219. The SMILES string of the molecule is CC[C@H](C)[C@H](NNC(=O)[C@H](N[C@@H](C)C=O)N1C/C=C/CCC(=O)N[C@@H](C)C(=O)N[C@@H](N[C@H](C=O)CCC(=O)O)C1=O)C(=O)N[C@@H](CCCCN)C(=O)N[C@@H](CCC(=O)O)C(=O)N[C@@H](CC(C)C)C(=O)N[C@@H](CCCN=C(N)N)C(=O)N[C@@H](CC(N)=O)C(=O)N[C@@H](CC(C)C)C(=O)CN. The van der Waals surface area contributed by atoms with Gasteiger partial charge in [-0.3, -0.25) is 88.2 Å². The van der Waals surface area contributed by atoms with Gasteiger partial charge in [0, 0.05) is 32.4 Å². The third kappa shape index (κ3) is 33.7. The molecule has 0 radical (unpaired) electrons. The number of nitrogens with one attached hydrogen (secondary N) is 12. The molecule has 1 heterocycles. The topological polar surface area (TPSA) is 604 Å². The number of hydrogen-bond acceptors (Lipinski definition) is 22. The second-order valence-corrected chi connectivity index (χ2v) is 24.7. The van der Waals surface area contributed by atoms with E-state index in [4.69, 9.17) is 28.7 Å². The van der Waals surface area contributed by atoms with Crippen molar-refractivity contribution in [3.63, 3.8) is 0 Å². The van der Waals surface area contributed by atoms with Gasteiger partial charge in [-0.2, -0.15) is 0 Å². The number of aliphatic imine (C=N–C) groups is 1. The van der Waals surface area contributed by atoms with Crippen LogP contribution in [-0.4, -0.2) is 215 Å². The predicted octanol–water partition coefficient (Wildman–Crippen LogP) is -5.88. The highest BCUT2D eigenvalue weighted by molar-refractivity contribution is 5.99. The molecule has 0 aromatic carbocycles. The molecule has 37 nitrogen and oxygen atoms in total. The van der Waals surface area contributed by atoms with Gasteiger partial charge < -0.3 is 95.9 Å². The Bertz CT molecular complexity index is 2790. The molecule has 0 spiro atoms. The summed E-state index contributed by atoms with van der Waals surface area (Å²) in [6, 6.07) is -14.3. The molecule has 0 aliphatic carbocycles. The van der Waals surface area contributed by atoms with Crippen molar-refractivity contribution in [1.82, 2.24) is 68.9 Å². The van der Waals surface area contributed by atoms with Crippen LogP contribution >= 0.6 is 0 Å². The molecule has 0 saturated carbocycles. The van der Waals surface area contributed by atoms with Gasteiger partial charge in [-0.15, -0.1) is 0 Å². The van der Waals surface area contributed by atoms with E-state index in [1.54, 1.807) is 41.5 Å². The number of aliphatic carboxylic acids is 2. The zero-order valence-electron chi connectivity index (χ0n) is 57.1. The minimum atomic E-state index is -1.88. The highest BCUT2D eigenvalue weighted by atomic mass is 16.4. The average molecular weight is 1390 g/mol. The van der Waals surface area contributed by atoms with Crippen molar-refractivity contribution in [3.05, 3.63) is 12.2 Å². The average Bonchev–Trinajstić information content (AvgIpc) is 0.951. The molecule has 0 unspecified atom stereocenters. The number of carboxylic acids is 2. The number of carbonyl (C=O) groups is 16. The summed E-state index contributed by atoms with van der Waals surface area (Å²) in [5.74, 6) is -15.3. The Balaban J connectivity index is 3.83. The summed E-state index contributed by atoms with van der Waals surface area (Å²) in [5, 5.41) is 44.6. The number of amides is 11. The van der Waals surface area contributed by atoms with Crippen molar-refractivity contribution in [2.24, 2.45) is 51.4 Å². The number of hydrogen-bond donors (Lipinski definition) is 19. The Morgan fingerprint density at radius 3 is 1.70 bits per heavy atom. The molecule has 1 aliphatic heterocycles. The number of aldehydes is 2. The summed E-state index contributed by atoms with van der Waals surface area (Å²) in [6.07, 6.45) is -2.55. The summed E-state index contributed by atoms with van der Waals surface area (Å²) in [5.41, 5.74) is 32.9. The summed E-state index contributed by atoms with van der Waals surface area (Å²) in [6.45, 7) is 12.1. The van der Waals surface area contributed by atoms with Crippen LogP contribution in [0.25, 0.3) is 0 Å². The van der Waals surface area contributed by atoms with Crippen molar-refractivity contribution in [1.29, 1.82) is 0 Å². The largest absolute Gasteiger partial charge is 0.481 e. The fraction of sp³-hybridized carbons (Fsp3) is 0.689. The monoisotopic (exact) mass is 1390 g/mol. The van der Waals surface area contributed by atoms with Crippen molar-refractivity contribution >= 4 is 101 Å². The molecular weight excluding hydrogens is 1290 g/mol. The number of nitrogens with two attached hydrogens (primary N) is 5. The molecule has 1 aliphatic rings. The zero-order valence-corrected chi connectivity index (χ0v) is 57.1. The van der Waals surface area contributed by atoms with Crippen LogP contribution in [0.4, 0.5) is 0 Å². The number of Topliss-reactive ketones (excluding diaryl/α,β-unsaturated/α-hetero) is 1. The molecule has 24 N–H and O–H groups in total. The van der Waals surface area contributed by atoms with Gasteiger partial charge in [0.25, 0.3) is 11.8 Å². The Morgan fingerprint density at radius 2 is 1.17 bits per heavy atom. The Labute approximate surface area is 569 Å². The van der Waals surface area contributed by atoms with Gasteiger partial charge in [0.2, 0.25) is 53.2 Å². The molecule has 1 rings (SSSR count). The summed E-state index contributed by atoms with van der Waals surface area (Å²) < 4.78 is 0. The minimum absolute atomic E-state index is 0.0388. The molecule has 0 fully saturated rings. The van der Waals surface area contributed by atoms with Gasteiger partial charge in [-0.1, -0.05) is 60.1 Å². The number of carbonyl (C=O) groups excluding carboxylic acids is 14. The lowest BCUT2D eigenvalue weighted by Crippen LogP contribution is -2.68. The van der Waals surface area contributed by atoms with E-state index in [0.717, 1.165) is 4.90 Å². The number of hydrazine groups is 1. The molecule has 98 heavy (non-hydrogen) atoms. The number of nitrogens with zero attached hydrogens (tertiary/aromatic N) is 2. The van der Waals surface area contributed by atoms with E-state index in [-0.39, 0.29) is 95.1 Å². The molecule has 13 atom stereocenters. The Morgan fingerprint density at radius 1 is 0.653 bits per heavy atom. The first-order chi connectivity index (χ1) is 46.1. The highest BCUT2D eigenvalue weighted by Gasteiger charge is 2.40. The maximum Gasteiger partial charge on any atom is 0.303 e. The summed E-state index contributed by atoms with van der Waals surface area (Å²) in [7, 11) is 0. The van der Waals surface area contributed by atoms with Crippen LogP contribution in [0.5, 0.6) is 0 Å². The number of guanidine groups is 1. The lowest BCUT2D eigenvalue weighted by atomic mass is 9.98. The van der Waals surface area contributed by atoms with Crippen LogP contribution in [0, 0.1) is 17.8 Å². The first kappa shape index (κ1) is 86.9. The van der Waals surface area contributed by atoms with Gasteiger partial charge in [0.1, 0.15) is 54.9 Å². The fourth-order valence-electron chi connectivity index (χ4n) is 9.72. The highest BCUT2D eigenvalue weighted by Crippen LogP contribution is 2.15. The normalized spacial score (nSPS) is 18.1. The Hall–Kier alpha value is -9.07. The van der Waals surface area contributed by atoms with Crippen molar-refractivity contribution in [2.75, 3.05) is 26.2 Å². The van der Waals surface area contributed by atoms with E-state index in [9.17, 15) is 86.9 Å². The van der Waals surface area contributed by atoms with Gasteiger partial charge in [-0.05, 0) is 102 Å². The predicted molar refractivity (Wildman–Crippen MR) is 355 cm³/mol. The molecule has 0 saturated heterocycles. The molecular formula is C61H105N19O18. The van der Waals surface area contributed by atoms with Crippen LogP contribution < -0.4 is 92.7 Å². The third-order valence-corrected chi connectivity index (χ3v) is 15.3. The molecule has 11 amide bonds. The lowest BCUT2D eigenvalue weighted by molar-refractivity contribution is -0.146. The van der Waals surface area contributed by atoms with E-state index in [1.165, 1.54) is 26.0 Å². The van der Waals surface area contributed by atoms with Crippen molar-refractivity contribution in [3.8, 4) is 0 Å². The number of ketones is 1. The number of unbranched alkanes of at least 4 members (excludes halogenated alkanes) is 1. The van der Waals surface area contributed by atoms with Gasteiger partial charge in [-0.25, -0.2) is 5.43 Å². The zero-order chi connectivity index (χ0) is 74.4. The van der Waals surface area contributed by atoms with E-state index in [2.05, 4.69) is 69.0 Å². The smallest absolute Gasteiger partial charge is 0.303 e. The fourth-order valence-corrected chi connectivity index (χ4v) is 9.72. The van der Waals surface area contributed by atoms with E-state index < -0.39 is 200 Å². The first-order valence-electron chi connectivity index (χ1n) is 32.7. The van der Waals surface area contributed by atoms with E-state index in [1.807, 2.05) is 0 Å². The van der Waals surface area contributed by atoms with Gasteiger partial charge in [0.15, 0.2) is 24.1 Å². The quantitative estimate of drug-likeness (QED) is 0.00674. The standard InChI is InChI=1S/C61H105N19O18/c1-9-34(6)49(78-79-59(97)51(68-35(7)30-81)80-25-14-10-11-18-46(85)69-36(8)52(90)77-50(60(80)98)70-37(31-82)19-21-47(86)87)58(96)73-38(16-12-13-23-62)53(91)72-40(20-22-48(88)89)55(93)75-42(27-33(4)5)56(94)71-39(17-15-24-67-61(65)66)54(92)76-43(28-45(64)84)57(95)74-41(26-32(2)3)44(83)29-63/h10,14,30-43,49-51,68,70,78H,9,11-13,15-29,62-63H2,1-8H3,(H2,64,84)(H,69,85)(H,71,94)(H,72,91)(H,73,96)(H,74,95)(H,75,93)(H,76,92)(H,77,90)(H,79,97)(H,86,87)(H,88,89)(H4,65,66,67)/b14-10+/t34-,35-,36-,37-,38-,39-,40-,41-,42-,43-,49-,50+,51+/m0/s1.